The molecule has 1 amide bonds. The third-order valence-electron chi connectivity index (χ3n) is 8.04. The first-order valence-electron chi connectivity index (χ1n) is 14.4. The molecular weight excluding hydrogens is 430 g/mol. The number of amides is 1. The van der Waals surface area contributed by atoms with Crippen molar-refractivity contribution in [1.29, 1.82) is 0 Å². The first kappa shape index (κ1) is 27.7. The van der Waals surface area contributed by atoms with Crippen LogP contribution in [0.5, 0.6) is 0 Å². The zero-order chi connectivity index (χ0) is 25.0. The van der Waals surface area contributed by atoms with Crippen molar-refractivity contribution < 1.29 is 9.90 Å². The van der Waals surface area contributed by atoms with Crippen LogP contribution in [0.1, 0.15) is 95.6 Å². The third-order valence-corrected chi connectivity index (χ3v) is 8.04. The number of allylic oxidation sites excluding steroid dienone is 3. The molecule has 1 fully saturated rings. The molecule has 3 rings (SSSR count). The summed E-state index contributed by atoms with van der Waals surface area (Å²) in [5, 5.41) is 10.7. The van der Waals surface area contributed by atoms with Crippen LogP contribution in [0, 0.1) is 24.7 Å². The van der Waals surface area contributed by atoms with E-state index in [0.717, 1.165) is 83.7 Å². The summed E-state index contributed by atoms with van der Waals surface area (Å²) in [6.45, 7) is 8.38. The Balaban J connectivity index is 1.38. The minimum absolute atomic E-state index is 0.201. The fourth-order valence-electron chi connectivity index (χ4n) is 6.01. The molecule has 0 heterocycles. The number of hydrogen-bond donors (Lipinski definition) is 1. The van der Waals surface area contributed by atoms with Gasteiger partial charge in [-0.05, 0) is 82.1 Å². The molecule has 3 heteroatoms. The van der Waals surface area contributed by atoms with Gasteiger partial charge < -0.3 is 10.0 Å². The second-order valence-electron chi connectivity index (χ2n) is 11.0. The standard InChI is InChI=1S/C32H49NO2/c1-4-6-19-33(20-7-5-2)32(35)18-11-9-15-27-22-28-24-31(34)29(30(28)23-27)17-10-8-14-26-16-12-13-25(3)21-26/h10,12-13,16-17,21-22,28-31,34H,4-9,11,14-15,18-20,23-24H2,1-3H3/b17-10+/t28-,29+,30-,31+/m0/s1. The van der Waals surface area contributed by atoms with Gasteiger partial charge in [-0.25, -0.2) is 0 Å². The Kier molecular flexibility index (Phi) is 11.6. The van der Waals surface area contributed by atoms with Crippen molar-refractivity contribution in [2.45, 2.75) is 104 Å². The van der Waals surface area contributed by atoms with E-state index in [1.165, 1.54) is 11.1 Å². The highest BCUT2D eigenvalue weighted by atomic mass is 16.3. The number of rotatable bonds is 15. The maximum atomic E-state index is 12.7. The number of aliphatic hydroxyl groups excluding tert-OH is 1. The molecule has 1 aromatic carbocycles. The predicted octanol–water partition coefficient (Wildman–Crippen LogP) is 7.42. The van der Waals surface area contributed by atoms with Gasteiger partial charge in [0.25, 0.3) is 0 Å². The van der Waals surface area contributed by atoms with Crippen molar-refractivity contribution in [1.82, 2.24) is 4.90 Å². The predicted molar refractivity (Wildman–Crippen MR) is 147 cm³/mol. The van der Waals surface area contributed by atoms with E-state index < -0.39 is 0 Å². The SMILES string of the molecule is CCCCN(CCCC)C(=O)CCCCC1=C[C@H]2C[C@@H](O)[C@H](/C=C/CCc3cccc(C)c3)[C@H]2C1. The van der Waals surface area contributed by atoms with Crippen molar-refractivity contribution in [3.05, 3.63) is 59.2 Å². The first-order valence-corrected chi connectivity index (χ1v) is 14.4. The lowest BCUT2D eigenvalue weighted by Gasteiger charge is -2.22. The number of nitrogens with zero attached hydrogens (tertiary/aromatic N) is 1. The Hall–Kier alpha value is -1.87. The fourth-order valence-corrected chi connectivity index (χ4v) is 6.01. The van der Waals surface area contributed by atoms with Crippen LogP contribution in [-0.2, 0) is 11.2 Å². The Labute approximate surface area is 214 Å². The van der Waals surface area contributed by atoms with Crippen LogP contribution in [-0.4, -0.2) is 35.1 Å². The van der Waals surface area contributed by atoms with Crippen LogP contribution >= 0.6 is 0 Å². The van der Waals surface area contributed by atoms with Crippen molar-refractivity contribution in [2.24, 2.45) is 17.8 Å². The molecule has 2 aliphatic rings. The van der Waals surface area contributed by atoms with E-state index in [-0.39, 0.29) is 6.10 Å². The summed E-state index contributed by atoms with van der Waals surface area (Å²) in [6, 6.07) is 8.75. The third kappa shape index (κ3) is 8.63. The zero-order valence-electron chi connectivity index (χ0n) is 22.6. The normalized spacial score (nSPS) is 23.6. The second-order valence-corrected chi connectivity index (χ2v) is 11.0. The minimum atomic E-state index is -0.201. The van der Waals surface area contributed by atoms with E-state index in [9.17, 15) is 9.90 Å². The maximum Gasteiger partial charge on any atom is 0.222 e. The van der Waals surface area contributed by atoms with E-state index in [0.29, 0.717) is 30.1 Å². The van der Waals surface area contributed by atoms with E-state index in [2.05, 4.69) is 68.2 Å². The number of benzene rings is 1. The van der Waals surface area contributed by atoms with E-state index in [1.54, 1.807) is 5.57 Å². The topological polar surface area (TPSA) is 40.5 Å². The number of fused-ring (bicyclic) bond motifs is 1. The monoisotopic (exact) mass is 479 g/mol. The molecule has 0 spiro atoms. The molecule has 0 saturated heterocycles. The van der Waals surface area contributed by atoms with Gasteiger partial charge in [0.15, 0.2) is 0 Å². The first-order chi connectivity index (χ1) is 17.0. The van der Waals surface area contributed by atoms with Gasteiger partial charge in [0.1, 0.15) is 0 Å². The van der Waals surface area contributed by atoms with Crippen LogP contribution in [0.4, 0.5) is 0 Å². The van der Waals surface area contributed by atoms with Crippen LogP contribution in [0.15, 0.2) is 48.1 Å². The summed E-state index contributed by atoms with van der Waals surface area (Å²) >= 11 is 0. The van der Waals surface area contributed by atoms with E-state index in [4.69, 9.17) is 0 Å². The summed E-state index contributed by atoms with van der Waals surface area (Å²) in [7, 11) is 0. The quantitative estimate of drug-likeness (QED) is 0.210. The van der Waals surface area contributed by atoms with Crippen LogP contribution in [0.3, 0.4) is 0 Å². The molecule has 2 aliphatic carbocycles. The molecule has 1 aromatic rings. The van der Waals surface area contributed by atoms with Gasteiger partial charge in [0, 0.05) is 25.4 Å². The van der Waals surface area contributed by atoms with Crippen molar-refractivity contribution >= 4 is 5.91 Å². The van der Waals surface area contributed by atoms with Crippen LogP contribution in [0.25, 0.3) is 0 Å². The highest BCUT2D eigenvalue weighted by Gasteiger charge is 2.43. The molecule has 35 heavy (non-hydrogen) atoms. The number of carbonyl (C=O) groups is 1. The summed E-state index contributed by atoms with van der Waals surface area (Å²) in [6.07, 6.45) is 19.4. The zero-order valence-corrected chi connectivity index (χ0v) is 22.6. The van der Waals surface area contributed by atoms with Crippen LogP contribution in [0.2, 0.25) is 0 Å². The molecule has 0 radical (unpaired) electrons. The van der Waals surface area contributed by atoms with Gasteiger partial charge in [-0.2, -0.15) is 0 Å². The Morgan fingerprint density at radius 1 is 1.09 bits per heavy atom. The molecule has 0 bridgehead atoms. The van der Waals surface area contributed by atoms with Crippen molar-refractivity contribution in [2.75, 3.05) is 13.1 Å². The number of aryl methyl sites for hydroxylation is 2. The Bertz CT molecular complexity index is 834. The Morgan fingerprint density at radius 2 is 1.86 bits per heavy atom. The molecule has 194 valence electrons. The highest BCUT2D eigenvalue weighted by Crippen LogP contribution is 2.48. The molecule has 0 aliphatic heterocycles. The Morgan fingerprint density at radius 3 is 2.57 bits per heavy atom. The summed E-state index contributed by atoms with van der Waals surface area (Å²) in [5.74, 6) is 1.74. The molecule has 1 saturated carbocycles. The van der Waals surface area contributed by atoms with Gasteiger partial charge in [0.05, 0.1) is 6.10 Å². The molecule has 0 unspecified atom stereocenters. The smallest absolute Gasteiger partial charge is 0.222 e. The van der Waals surface area contributed by atoms with Gasteiger partial charge in [-0.1, -0.05) is 80.3 Å². The molecule has 4 atom stereocenters. The van der Waals surface area contributed by atoms with Crippen molar-refractivity contribution in [3.63, 3.8) is 0 Å². The molecule has 3 nitrogen and oxygen atoms in total. The van der Waals surface area contributed by atoms with Gasteiger partial charge >= 0.3 is 0 Å². The van der Waals surface area contributed by atoms with Crippen molar-refractivity contribution in [3.8, 4) is 0 Å². The average Bonchev–Trinajstić information content (AvgIpc) is 3.36. The minimum Gasteiger partial charge on any atom is -0.392 e. The number of aliphatic hydroxyl groups is 1. The van der Waals surface area contributed by atoms with Gasteiger partial charge in [0.2, 0.25) is 5.91 Å². The van der Waals surface area contributed by atoms with E-state index in [1.807, 2.05) is 0 Å². The lowest BCUT2D eigenvalue weighted by molar-refractivity contribution is -0.131. The maximum absolute atomic E-state index is 12.7. The van der Waals surface area contributed by atoms with E-state index >= 15 is 0 Å². The summed E-state index contributed by atoms with van der Waals surface area (Å²) < 4.78 is 0. The largest absolute Gasteiger partial charge is 0.392 e. The molecule has 0 aromatic heterocycles. The number of hydrogen-bond acceptors (Lipinski definition) is 2. The summed E-state index contributed by atoms with van der Waals surface area (Å²) in [4.78, 5) is 14.8. The van der Waals surface area contributed by atoms with Crippen LogP contribution < -0.4 is 0 Å². The lowest BCUT2D eigenvalue weighted by Crippen LogP contribution is -2.32. The number of unbranched alkanes of at least 4 members (excludes halogenated alkanes) is 3. The average molecular weight is 480 g/mol. The molecular formula is C32H49NO2. The van der Waals surface area contributed by atoms with Gasteiger partial charge in [-0.3, -0.25) is 4.79 Å². The molecule has 1 N–H and O–H groups in total. The van der Waals surface area contributed by atoms with Gasteiger partial charge in [-0.15, -0.1) is 0 Å². The fraction of sp³-hybridized carbons (Fsp3) is 0.656. The summed E-state index contributed by atoms with van der Waals surface area (Å²) in [5.41, 5.74) is 4.27. The number of carbonyl (C=O) groups excluding carboxylic acids is 1. The lowest BCUT2D eigenvalue weighted by atomic mass is 9.88. The highest BCUT2D eigenvalue weighted by molar-refractivity contribution is 5.76. The second kappa shape index (κ2) is 14.6.